The standard InChI is InChI=1S/C14H15N5S/c1-20-14(17-9-15)16-6-12-8-19-7-11(10-2-3-10)4-5-13(19)18-12/h4-5,7-8,10H,2-3,6H2,1H3,(H,16,17). The highest BCUT2D eigenvalue weighted by atomic mass is 32.2. The van der Waals surface area contributed by atoms with Crippen molar-refractivity contribution in [2.45, 2.75) is 25.3 Å². The van der Waals surface area contributed by atoms with Crippen LogP contribution in [-0.2, 0) is 6.54 Å². The minimum atomic E-state index is 0.477. The number of aromatic nitrogens is 2. The van der Waals surface area contributed by atoms with Crippen molar-refractivity contribution in [2.24, 2.45) is 4.99 Å². The average molecular weight is 285 g/mol. The van der Waals surface area contributed by atoms with Crippen molar-refractivity contribution >= 4 is 22.6 Å². The first kappa shape index (κ1) is 13.0. The summed E-state index contributed by atoms with van der Waals surface area (Å²) in [5, 5.41) is 11.8. The maximum absolute atomic E-state index is 8.59. The maximum Gasteiger partial charge on any atom is 0.183 e. The molecule has 0 amide bonds. The second-order valence-electron chi connectivity index (χ2n) is 4.80. The Balaban J connectivity index is 1.80. The van der Waals surface area contributed by atoms with Gasteiger partial charge in [0.25, 0.3) is 0 Å². The highest BCUT2D eigenvalue weighted by Crippen LogP contribution is 2.39. The van der Waals surface area contributed by atoms with E-state index in [1.165, 1.54) is 30.2 Å². The van der Waals surface area contributed by atoms with E-state index in [-0.39, 0.29) is 0 Å². The predicted octanol–water partition coefficient (Wildman–Crippen LogP) is 2.50. The molecule has 102 valence electrons. The van der Waals surface area contributed by atoms with Gasteiger partial charge in [0, 0.05) is 12.4 Å². The fourth-order valence-corrected chi connectivity index (χ4v) is 2.49. The third-order valence-electron chi connectivity index (χ3n) is 3.31. The van der Waals surface area contributed by atoms with E-state index in [9.17, 15) is 0 Å². The zero-order chi connectivity index (χ0) is 13.9. The molecule has 20 heavy (non-hydrogen) atoms. The second-order valence-corrected chi connectivity index (χ2v) is 5.59. The van der Waals surface area contributed by atoms with Crippen LogP contribution < -0.4 is 5.32 Å². The van der Waals surface area contributed by atoms with Gasteiger partial charge in [0.2, 0.25) is 0 Å². The van der Waals surface area contributed by atoms with Crippen LogP contribution in [0, 0.1) is 11.5 Å². The van der Waals surface area contributed by atoms with Crippen molar-refractivity contribution in [2.75, 3.05) is 6.26 Å². The first-order chi connectivity index (χ1) is 9.80. The Hall–Kier alpha value is -2.00. The van der Waals surface area contributed by atoms with Crippen molar-refractivity contribution < 1.29 is 0 Å². The third-order valence-corrected chi connectivity index (χ3v) is 3.93. The number of thioether (sulfide) groups is 1. The van der Waals surface area contributed by atoms with Crippen molar-refractivity contribution in [3.63, 3.8) is 0 Å². The van der Waals surface area contributed by atoms with Crippen molar-refractivity contribution in [3.8, 4) is 6.19 Å². The first-order valence-corrected chi connectivity index (χ1v) is 7.73. The van der Waals surface area contributed by atoms with E-state index in [0.717, 1.165) is 17.3 Å². The summed E-state index contributed by atoms with van der Waals surface area (Å²) >= 11 is 1.42. The molecule has 2 heterocycles. The number of amidine groups is 1. The smallest absolute Gasteiger partial charge is 0.183 e. The molecule has 0 aliphatic heterocycles. The largest absolute Gasteiger partial charge is 0.306 e. The number of nitrogens with one attached hydrogen (secondary N) is 1. The Bertz CT molecular complexity index is 693. The molecule has 0 bridgehead atoms. The predicted molar refractivity (Wildman–Crippen MR) is 80.6 cm³/mol. The van der Waals surface area contributed by atoms with Gasteiger partial charge in [-0.1, -0.05) is 17.8 Å². The zero-order valence-electron chi connectivity index (χ0n) is 11.2. The molecule has 6 heteroatoms. The topological polar surface area (TPSA) is 65.5 Å². The number of nitrogens with zero attached hydrogens (tertiary/aromatic N) is 4. The lowest BCUT2D eigenvalue weighted by Crippen LogP contribution is -2.13. The molecule has 5 nitrogen and oxygen atoms in total. The molecular weight excluding hydrogens is 270 g/mol. The van der Waals surface area contributed by atoms with Gasteiger partial charge < -0.3 is 4.40 Å². The van der Waals surface area contributed by atoms with Crippen LogP contribution in [0.5, 0.6) is 0 Å². The maximum atomic E-state index is 8.59. The molecule has 1 fully saturated rings. The van der Waals surface area contributed by atoms with Gasteiger partial charge in [-0.3, -0.25) is 10.3 Å². The average Bonchev–Trinajstić information content (AvgIpc) is 3.23. The van der Waals surface area contributed by atoms with Gasteiger partial charge in [-0.25, -0.2) is 4.98 Å². The minimum Gasteiger partial charge on any atom is -0.306 e. The monoisotopic (exact) mass is 285 g/mol. The molecule has 3 rings (SSSR count). The quantitative estimate of drug-likeness (QED) is 0.407. The van der Waals surface area contributed by atoms with Crippen molar-refractivity contribution in [3.05, 3.63) is 35.8 Å². The lowest BCUT2D eigenvalue weighted by atomic mass is 10.2. The normalized spacial score (nSPS) is 15.3. The summed E-state index contributed by atoms with van der Waals surface area (Å²) < 4.78 is 2.06. The van der Waals surface area contributed by atoms with Crippen LogP contribution >= 0.6 is 11.8 Å². The number of nitriles is 1. The molecule has 2 aromatic rings. The Morgan fingerprint density at radius 2 is 2.40 bits per heavy atom. The summed E-state index contributed by atoms with van der Waals surface area (Å²) in [4.78, 5) is 8.87. The number of hydrogen-bond acceptors (Lipinski definition) is 4. The Morgan fingerprint density at radius 1 is 1.55 bits per heavy atom. The Labute approximate surface area is 121 Å². The van der Waals surface area contributed by atoms with E-state index in [0.29, 0.717) is 11.7 Å². The van der Waals surface area contributed by atoms with Crippen LogP contribution in [0.3, 0.4) is 0 Å². The minimum absolute atomic E-state index is 0.477. The summed E-state index contributed by atoms with van der Waals surface area (Å²) in [5.74, 6) is 0.742. The number of imidazole rings is 1. The first-order valence-electron chi connectivity index (χ1n) is 6.51. The summed E-state index contributed by atoms with van der Waals surface area (Å²) in [6.07, 6.45) is 10.5. The number of hydrogen-bond donors (Lipinski definition) is 1. The lowest BCUT2D eigenvalue weighted by Gasteiger charge is -1.98. The third kappa shape index (κ3) is 2.78. The highest BCUT2D eigenvalue weighted by molar-refractivity contribution is 8.13. The molecule has 1 saturated carbocycles. The molecule has 0 saturated heterocycles. The van der Waals surface area contributed by atoms with Gasteiger partial charge >= 0.3 is 0 Å². The van der Waals surface area contributed by atoms with Gasteiger partial charge in [0.15, 0.2) is 11.4 Å². The summed E-state index contributed by atoms with van der Waals surface area (Å²) in [5.41, 5.74) is 3.24. The van der Waals surface area contributed by atoms with Crippen LogP contribution in [0.4, 0.5) is 0 Å². The van der Waals surface area contributed by atoms with Crippen LogP contribution in [0.2, 0.25) is 0 Å². The number of aliphatic imine (C=N–C) groups is 1. The second kappa shape index (κ2) is 5.55. The fraction of sp³-hybridized carbons (Fsp3) is 0.357. The van der Waals surface area contributed by atoms with Gasteiger partial charge in [0.05, 0.1) is 12.2 Å². The van der Waals surface area contributed by atoms with Crippen LogP contribution in [0.1, 0.15) is 30.0 Å². The summed E-state index contributed by atoms with van der Waals surface area (Å²) in [7, 11) is 0. The van der Waals surface area contributed by atoms with Gasteiger partial charge in [-0.15, -0.1) is 0 Å². The van der Waals surface area contributed by atoms with Gasteiger partial charge in [0.1, 0.15) is 5.65 Å². The Morgan fingerprint density at radius 3 is 3.10 bits per heavy atom. The van der Waals surface area contributed by atoms with E-state index in [1.54, 1.807) is 0 Å². The van der Waals surface area contributed by atoms with Crippen LogP contribution in [0.25, 0.3) is 5.65 Å². The lowest BCUT2D eigenvalue weighted by molar-refractivity contribution is 1.00. The van der Waals surface area contributed by atoms with Crippen LogP contribution in [0.15, 0.2) is 29.5 Å². The number of rotatable bonds is 3. The zero-order valence-corrected chi connectivity index (χ0v) is 12.0. The SMILES string of the molecule is CSC(=NCc1cn2cc(C3CC3)ccc2n1)NC#N. The molecule has 1 aliphatic rings. The van der Waals surface area contributed by atoms with Crippen LogP contribution in [-0.4, -0.2) is 20.8 Å². The highest BCUT2D eigenvalue weighted by Gasteiger charge is 2.23. The molecule has 0 aromatic carbocycles. The van der Waals surface area contributed by atoms with Crippen molar-refractivity contribution in [1.82, 2.24) is 14.7 Å². The molecule has 0 radical (unpaired) electrons. The molecule has 1 N–H and O–H groups in total. The summed E-state index contributed by atoms with van der Waals surface area (Å²) in [6, 6.07) is 4.22. The van der Waals surface area contributed by atoms with Crippen molar-refractivity contribution in [1.29, 1.82) is 5.26 Å². The van der Waals surface area contributed by atoms with E-state index in [1.807, 2.05) is 18.6 Å². The molecule has 2 aromatic heterocycles. The number of fused-ring (bicyclic) bond motifs is 1. The Kier molecular flexibility index (Phi) is 3.61. The molecule has 1 aliphatic carbocycles. The molecular formula is C14H15N5S. The van der Waals surface area contributed by atoms with Gasteiger partial charge in [-0.2, -0.15) is 5.26 Å². The molecule has 0 unspecified atom stereocenters. The van der Waals surface area contributed by atoms with E-state index >= 15 is 0 Å². The van der Waals surface area contributed by atoms with E-state index in [4.69, 9.17) is 5.26 Å². The van der Waals surface area contributed by atoms with Gasteiger partial charge in [-0.05, 0) is 36.6 Å². The molecule has 0 spiro atoms. The fourth-order valence-electron chi connectivity index (χ4n) is 2.15. The summed E-state index contributed by atoms with van der Waals surface area (Å²) in [6.45, 7) is 0.477. The van der Waals surface area contributed by atoms with E-state index in [2.05, 4.69) is 38.0 Å². The van der Waals surface area contributed by atoms with E-state index < -0.39 is 0 Å². The number of pyridine rings is 1. The molecule has 0 atom stereocenters.